The summed E-state index contributed by atoms with van der Waals surface area (Å²) in [5.74, 6) is 0.950. The van der Waals surface area contributed by atoms with Crippen molar-refractivity contribution < 1.29 is 0 Å². The number of aromatic nitrogens is 2. The predicted octanol–water partition coefficient (Wildman–Crippen LogP) is 2.31. The van der Waals surface area contributed by atoms with E-state index in [1.165, 1.54) is 18.0 Å². The van der Waals surface area contributed by atoms with Crippen molar-refractivity contribution in [2.24, 2.45) is 5.41 Å². The van der Waals surface area contributed by atoms with E-state index < -0.39 is 0 Å². The monoisotopic (exact) mass is 197 g/mol. The highest BCUT2D eigenvalue weighted by Crippen LogP contribution is 2.46. The molecule has 0 saturated heterocycles. The van der Waals surface area contributed by atoms with Gasteiger partial charge in [-0.25, -0.2) is 4.98 Å². The van der Waals surface area contributed by atoms with Crippen LogP contribution in [0.2, 0.25) is 0 Å². The zero-order valence-electron chi connectivity index (χ0n) is 8.29. The number of rotatable bonds is 3. The van der Waals surface area contributed by atoms with Crippen LogP contribution in [0.5, 0.6) is 0 Å². The highest BCUT2D eigenvalue weighted by Gasteiger charge is 2.46. The summed E-state index contributed by atoms with van der Waals surface area (Å²) in [6.45, 7) is 6.62. The number of anilines is 1. The van der Waals surface area contributed by atoms with Crippen molar-refractivity contribution in [3.05, 3.63) is 5.82 Å². The van der Waals surface area contributed by atoms with Crippen LogP contribution in [0.3, 0.4) is 0 Å². The van der Waals surface area contributed by atoms with E-state index in [9.17, 15) is 0 Å². The molecule has 0 bridgehead atoms. The van der Waals surface area contributed by atoms with Crippen LogP contribution in [0.15, 0.2) is 0 Å². The smallest absolute Gasteiger partial charge is 0.202 e. The second-order valence-corrected chi connectivity index (χ2v) is 5.01. The number of nitrogens with one attached hydrogen (secondary N) is 1. The maximum absolute atomic E-state index is 4.37. The molecule has 1 heterocycles. The fourth-order valence-corrected chi connectivity index (χ4v) is 2.02. The zero-order chi connectivity index (χ0) is 9.47. The van der Waals surface area contributed by atoms with Crippen LogP contribution in [-0.2, 0) is 6.42 Å². The van der Waals surface area contributed by atoms with E-state index >= 15 is 0 Å². The number of hydrogen-bond acceptors (Lipinski definition) is 4. The molecule has 3 nitrogen and oxygen atoms in total. The van der Waals surface area contributed by atoms with Crippen molar-refractivity contribution in [2.45, 2.75) is 39.7 Å². The summed E-state index contributed by atoms with van der Waals surface area (Å²) in [6, 6.07) is 0.602. The quantitative estimate of drug-likeness (QED) is 0.808. The molecule has 1 atom stereocenters. The van der Waals surface area contributed by atoms with Gasteiger partial charge in [0.1, 0.15) is 5.82 Å². The predicted molar refractivity (Wildman–Crippen MR) is 55.1 cm³/mol. The van der Waals surface area contributed by atoms with Crippen LogP contribution >= 0.6 is 11.5 Å². The Hall–Kier alpha value is -0.640. The Kier molecular flexibility index (Phi) is 2.02. The molecule has 13 heavy (non-hydrogen) atoms. The van der Waals surface area contributed by atoms with Gasteiger partial charge in [0, 0.05) is 24.0 Å². The summed E-state index contributed by atoms with van der Waals surface area (Å²) in [4.78, 5) is 4.37. The molecule has 1 aromatic heterocycles. The molecule has 1 N–H and O–H groups in total. The third-order valence-electron chi connectivity index (χ3n) is 2.60. The van der Waals surface area contributed by atoms with Gasteiger partial charge >= 0.3 is 0 Å². The molecule has 2 rings (SSSR count). The Morgan fingerprint density at radius 1 is 1.62 bits per heavy atom. The van der Waals surface area contributed by atoms with E-state index in [4.69, 9.17) is 0 Å². The van der Waals surface area contributed by atoms with Crippen molar-refractivity contribution in [1.29, 1.82) is 0 Å². The van der Waals surface area contributed by atoms with Crippen molar-refractivity contribution in [2.75, 3.05) is 5.32 Å². The standard InChI is InChI=1S/C9H15N3S/c1-4-7-11-8(13-12-7)10-6-5-9(6,2)3/h6H,4-5H2,1-3H3,(H,10,11,12). The molecular weight excluding hydrogens is 182 g/mol. The fourth-order valence-electron chi connectivity index (χ4n) is 1.32. The van der Waals surface area contributed by atoms with E-state index in [0.29, 0.717) is 11.5 Å². The van der Waals surface area contributed by atoms with E-state index in [1.807, 2.05) is 0 Å². The topological polar surface area (TPSA) is 37.8 Å². The minimum atomic E-state index is 0.456. The molecule has 0 spiro atoms. The summed E-state index contributed by atoms with van der Waals surface area (Å²) in [5.41, 5.74) is 0.456. The van der Waals surface area contributed by atoms with Crippen LogP contribution < -0.4 is 5.32 Å². The van der Waals surface area contributed by atoms with Crippen molar-refractivity contribution in [1.82, 2.24) is 9.36 Å². The summed E-state index contributed by atoms with van der Waals surface area (Å²) >= 11 is 1.47. The average molecular weight is 197 g/mol. The molecule has 1 aromatic rings. The van der Waals surface area contributed by atoms with Crippen LogP contribution in [0.4, 0.5) is 5.13 Å². The number of aryl methyl sites for hydroxylation is 1. The summed E-state index contributed by atoms with van der Waals surface area (Å²) in [5, 5.41) is 4.38. The molecule has 1 aliphatic carbocycles. The summed E-state index contributed by atoms with van der Waals surface area (Å²) in [6.07, 6.45) is 2.17. The average Bonchev–Trinajstić information content (AvgIpc) is 2.48. The summed E-state index contributed by atoms with van der Waals surface area (Å²) < 4.78 is 4.23. The van der Waals surface area contributed by atoms with Gasteiger partial charge in [0.05, 0.1) is 0 Å². The molecule has 1 unspecified atom stereocenters. The van der Waals surface area contributed by atoms with Gasteiger partial charge in [-0.05, 0) is 11.8 Å². The van der Waals surface area contributed by atoms with Crippen molar-refractivity contribution in [3.8, 4) is 0 Å². The Morgan fingerprint density at radius 3 is 2.77 bits per heavy atom. The molecule has 1 saturated carbocycles. The molecule has 1 aliphatic rings. The molecule has 0 aromatic carbocycles. The van der Waals surface area contributed by atoms with Crippen LogP contribution in [0.1, 0.15) is 33.0 Å². The Bertz CT molecular complexity index is 306. The third kappa shape index (κ3) is 1.82. The third-order valence-corrected chi connectivity index (χ3v) is 3.28. The first-order valence-electron chi connectivity index (χ1n) is 4.71. The fraction of sp³-hybridized carbons (Fsp3) is 0.778. The lowest BCUT2D eigenvalue weighted by Gasteiger charge is -2.02. The van der Waals surface area contributed by atoms with E-state index in [2.05, 4.69) is 35.4 Å². The Balaban J connectivity index is 1.96. The van der Waals surface area contributed by atoms with Crippen molar-refractivity contribution in [3.63, 3.8) is 0 Å². The van der Waals surface area contributed by atoms with Crippen LogP contribution in [-0.4, -0.2) is 15.4 Å². The first-order chi connectivity index (χ1) is 6.12. The lowest BCUT2D eigenvalue weighted by Crippen LogP contribution is -2.07. The minimum Gasteiger partial charge on any atom is -0.357 e. The number of hydrogen-bond donors (Lipinski definition) is 1. The second-order valence-electron chi connectivity index (χ2n) is 4.26. The molecule has 0 amide bonds. The largest absolute Gasteiger partial charge is 0.357 e. The van der Waals surface area contributed by atoms with Gasteiger partial charge in [-0.2, -0.15) is 4.37 Å². The normalized spacial score (nSPS) is 24.4. The molecular formula is C9H15N3S. The number of nitrogens with zero attached hydrogens (tertiary/aromatic N) is 2. The molecule has 0 radical (unpaired) electrons. The molecule has 4 heteroatoms. The maximum Gasteiger partial charge on any atom is 0.202 e. The van der Waals surface area contributed by atoms with Crippen molar-refractivity contribution >= 4 is 16.7 Å². The van der Waals surface area contributed by atoms with Crippen LogP contribution in [0.25, 0.3) is 0 Å². The Morgan fingerprint density at radius 2 is 2.31 bits per heavy atom. The van der Waals surface area contributed by atoms with E-state index in [1.54, 1.807) is 0 Å². The molecule has 72 valence electrons. The van der Waals surface area contributed by atoms with Gasteiger partial charge in [-0.15, -0.1) is 0 Å². The highest BCUT2D eigenvalue weighted by atomic mass is 32.1. The lowest BCUT2D eigenvalue weighted by atomic mass is 10.2. The van der Waals surface area contributed by atoms with E-state index in [0.717, 1.165) is 17.4 Å². The van der Waals surface area contributed by atoms with Gasteiger partial charge in [0.15, 0.2) is 0 Å². The van der Waals surface area contributed by atoms with E-state index in [-0.39, 0.29) is 0 Å². The van der Waals surface area contributed by atoms with Gasteiger partial charge in [0.2, 0.25) is 5.13 Å². The van der Waals surface area contributed by atoms with Gasteiger partial charge in [0.25, 0.3) is 0 Å². The summed E-state index contributed by atoms with van der Waals surface area (Å²) in [7, 11) is 0. The Labute approximate surface area is 82.8 Å². The SMILES string of the molecule is CCc1nsc(NC2CC2(C)C)n1. The van der Waals surface area contributed by atoms with Gasteiger partial charge < -0.3 is 5.32 Å². The van der Waals surface area contributed by atoms with Crippen LogP contribution in [0, 0.1) is 5.41 Å². The maximum atomic E-state index is 4.37. The molecule has 0 aliphatic heterocycles. The second kappa shape index (κ2) is 2.94. The molecule has 1 fully saturated rings. The highest BCUT2D eigenvalue weighted by molar-refractivity contribution is 7.09. The first-order valence-corrected chi connectivity index (χ1v) is 5.48. The van der Waals surface area contributed by atoms with Gasteiger partial charge in [-0.3, -0.25) is 0 Å². The van der Waals surface area contributed by atoms with Gasteiger partial charge in [-0.1, -0.05) is 20.8 Å². The first kappa shape index (κ1) is 8.94. The minimum absolute atomic E-state index is 0.456. The lowest BCUT2D eigenvalue weighted by molar-refractivity contribution is 0.630. The zero-order valence-corrected chi connectivity index (χ0v) is 9.11.